The molecule has 0 spiro atoms. The summed E-state index contributed by atoms with van der Waals surface area (Å²) in [7, 11) is 1.66. The highest BCUT2D eigenvalue weighted by Crippen LogP contribution is 2.42. The minimum atomic E-state index is -0.0883. The van der Waals surface area contributed by atoms with E-state index >= 15 is 0 Å². The number of benzene rings is 3. The number of hydrogen-bond acceptors (Lipinski definition) is 5. The van der Waals surface area contributed by atoms with Crippen molar-refractivity contribution in [1.82, 2.24) is 4.90 Å². The molecule has 5 heteroatoms. The van der Waals surface area contributed by atoms with Crippen LogP contribution in [-0.4, -0.2) is 24.5 Å². The molecule has 3 aromatic carbocycles. The summed E-state index contributed by atoms with van der Waals surface area (Å²) in [5, 5.41) is 0. The number of carbonyl (C=O) groups excluding carboxylic acids is 1. The summed E-state index contributed by atoms with van der Waals surface area (Å²) in [4.78, 5) is 15.2. The Balaban J connectivity index is 1.38. The molecular formula is C27H25NO4. The lowest BCUT2D eigenvalue weighted by atomic mass is 10.0. The Morgan fingerprint density at radius 1 is 1.00 bits per heavy atom. The molecule has 2 aliphatic heterocycles. The van der Waals surface area contributed by atoms with E-state index in [4.69, 9.17) is 14.2 Å². The first-order valence-electron chi connectivity index (χ1n) is 10.8. The van der Waals surface area contributed by atoms with Gasteiger partial charge in [0.2, 0.25) is 5.78 Å². The number of carbonyl (C=O) groups is 1. The summed E-state index contributed by atoms with van der Waals surface area (Å²) in [5.41, 5.74) is 4.89. The van der Waals surface area contributed by atoms with E-state index in [-0.39, 0.29) is 5.78 Å². The zero-order valence-electron chi connectivity index (χ0n) is 18.3. The molecular weight excluding hydrogens is 402 g/mol. The zero-order chi connectivity index (χ0) is 22.1. The number of nitrogens with zero attached hydrogens (tertiary/aromatic N) is 1. The van der Waals surface area contributed by atoms with E-state index in [0.717, 1.165) is 35.6 Å². The number of fused-ring (bicyclic) bond motifs is 3. The van der Waals surface area contributed by atoms with Crippen LogP contribution >= 0.6 is 0 Å². The van der Waals surface area contributed by atoms with Crippen molar-refractivity contribution >= 4 is 11.9 Å². The molecule has 0 fully saturated rings. The second-order valence-electron chi connectivity index (χ2n) is 8.06. The fourth-order valence-corrected chi connectivity index (χ4v) is 4.10. The molecule has 32 heavy (non-hydrogen) atoms. The van der Waals surface area contributed by atoms with E-state index in [9.17, 15) is 4.79 Å². The summed E-state index contributed by atoms with van der Waals surface area (Å²) in [6.45, 7) is 3.99. The lowest BCUT2D eigenvalue weighted by Crippen LogP contribution is -2.31. The summed E-state index contributed by atoms with van der Waals surface area (Å²) >= 11 is 0. The molecule has 0 saturated carbocycles. The SMILES string of the molecule is CCc1ccc(/C=C2\Oc3c(ccc4c3CN(Cc3ccc(OC)cc3)CO4)C2=O)cc1. The summed E-state index contributed by atoms with van der Waals surface area (Å²) in [5.74, 6) is 2.49. The van der Waals surface area contributed by atoms with Gasteiger partial charge < -0.3 is 14.2 Å². The van der Waals surface area contributed by atoms with Gasteiger partial charge >= 0.3 is 0 Å². The van der Waals surface area contributed by atoms with Gasteiger partial charge in [0.25, 0.3) is 0 Å². The molecule has 0 unspecified atom stereocenters. The third kappa shape index (κ3) is 3.87. The van der Waals surface area contributed by atoms with Gasteiger partial charge in [-0.2, -0.15) is 0 Å². The first-order valence-corrected chi connectivity index (χ1v) is 10.8. The first-order chi connectivity index (χ1) is 15.6. The van der Waals surface area contributed by atoms with Gasteiger partial charge in [-0.25, -0.2) is 0 Å². The van der Waals surface area contributed by atoms with Crippen LogP contribution in [0.5, 0.6) is 17.2 Å². The van der Waals surface area contributed by atoms with E-state index in [1.54, 1.807) is 13.2 Å². The third-order valence-corrected chi connectivity index (χ3v) is 5.93. The van der Waals surface area contributed by atoms with Gasteiger partial charge in [-0.05, 0) is 53.5 Å². The average Bonchev–Trinajstić information content (AvgIpc) is 3.15. The van der Waals surface area contributed by atoms with Crippen LogP contribution in [-0.2, 0) is 19.5 Å². The van der Waals surface area contributed by atoms with Crippen LogP contribution in [0.25, 0.3) is 6.08 Å². The fourth-order valence-electron chi connectivity index (χ4n) is 4.10. The lowest BCUT2D eigenvalue weighted by Gasteiger charge is -2.29. The Bertz CT molecular complexity index is 1180. The van der Waals surface area contributed by atoms with E-state index in [1.165, 1.54) is 11.1 Å². The second-order valence-corrected chi connectivity index (χ2v) is 8.06. The van der Waals surface area contributed by atoms with Gasteiger partial charge in [-0.1, -0.05) is 43.3 Å². The van der Waals surface area contributed by atoms with Crippen molar-refractivity contribution in [2.45, 2.75) is 26.4 Å². The fraction of sp³-hybridized carbons (Fsp3) is 0.222. The topological polar surface area (TPSA) is 48.0 Å². The van der Waals surface area contributed by atoms with Crippen molar-refractivity contribution in [3.8, 4) is 17.2 Å². The van der Waals surface area contributed by atoms with Crippen LogP contribution in [0.3, 0.4) is 0 Å². The van der Waals surface area contributed by atoms with E-state index < -0.39 is 0 Å². The maximum atomic E-state index is 13.0. The van der Waals surface area contributed by atoms with Crippen LogP contribution in [0.15, 0.2) is 66.4 Å². The molecule has 0 radical (unpaired) electrons. The van der Waals surface area contributed by atoms with Gasteiger partial charge in [0.05, 0.1) is 18.2 Å². The second kappa shape index (κ2) is 8.52. The van der Waals surface area contributed by atoms with Crippen LogP contribution in [0.2, 0.25) is 0 Å². The molecule has 3 aromatic rings. The Hall–Kier alpha value is -3.57. The monoisotopic (exact) mass is 427 g/mol. The van der Waals surface area contributed by atoms with Crippen LogP contribution in [0, 0.1) is 0 Å². The van der Waals surface area contributed by atoms with Gasteiger partial charge in [0.15, 0.2) is 5.76 Å². The number of hydrogen-bond donors (Lipinski definition) is 0. The maximum Gasteiger partial charge on any atom is 0.231 e. The minimum Gasteiger partial charge on any atom is -0.497 e. The van der Waals surface area contributed by atoms with Crippen molar-refractivity contribution in [3.05, 3.63) is 94.2 Å². The molecule has 162 valence electrons. The summed E-state index contributed by atoms with van der Waals surface area (Å²) in [6.07, 6.45) is 2.80. The average molecular weight is 428 g/mol. The van der Waals surface area contributed by atoms with Gasteiger partial charge in [-0.15, -0.1) is 0 Å². The Labute approximate surface area is 187 Å². The summed E-state index contributed by atoms with van der Waals surface area (Å²) < 4.78 is 17.3. The number of rotatable bonds is 5. The number of allylic oxidation sites excluding steroid dienone is 1. The molecule has 5 nitrogen and oxygen atoms in total. The quantitative estimate of drug-likeness (QED) is 0.522. The molecule has 0 saturated heterocycles. The van der Waals surface area contributed by atoms with Gasteiger partial charge in [0.1, 0.15) is 24.0 Å². The first kappa shape index (κ1) is 20.3. The number of Topliss-reactive ketones (excluding diaryl/α,β-unsaturated/α-hetero) is 1. The molecule has 0 N–H and O–H groups in total. The Kier molecular flexibility index (Phi) is 5.41. The minimum absolute atomic E-state index is 0.0883. The molecule has 0 bridgehead atoms. The van der Waals surface area contributed by atoms with E-state index in [2.05, 4.69) is 36.1 Å². The smallest absolute Gasteiger partial charge is 0.231 e. The predicted octanol–water partition coefficient (Wildman–Crippen LogP) is 5.23. The number of ether oxygens (including phenoxy) is 3. The van der Waals surface area contributed by atoms with E-state index in [0.29, 0.717) is 30.3 Å². The van der Waals surface area contributed by atoms with Crippen molar-refractivity contribution in [2.24, 2.45) is 0 Å². The van der Waals surface area contributed by atoms with Crippen LogP contribution in [0.1, 0.15) is 39.5 Å². The molecule has 0 aliphatic carbocycles. The molecule has 5 rings (SSSR count). The molecule has 0 atom stereocenters. The largest absolute Gasteiger partial charge is 0.497 e. The van der Waals surface area contributed by atoms with Crippen LogP contribution < -0.4 is 14.2 Å². The van der Waals surface area contributed by atoms with E-state index in [1.807, 2.05) is 36.4 Å². The molecule has 2 heterocycles. The number of aryl methyl sites for hydroxylation is 1. The Morgan fingerprint density at radius 2 is 1.75 bits per heavy atom. The normalized spacial score (nSPS) is 16.3. The van der Waals surface area contributed by atoms with Crippen LogP contribution in [0.4, 0.5) is 0 Å². The van der Waals surface area contributed by atoms with Gasteiger partial charge in [0, 0.05) is 13.1 Å². The highest BCUT2D eigenvalue weighted by atomic mass is 16.5. The number of methoxy groups -OCH3 is 1. The highest BCUT2D eigenvalue weighted by Gasteiger charge is 2.33. The zero-order valence-corrected chi connectivity index (χ0v) is 18.3. The van der Waals surface area contributed by atoms with Crippen molar-refractivity contribution in [1.29, 1.82) is 0 Å². The number of ketones is 1. The third-order valence-electron chi connectivity index (χ3n) is 5.93. The lowest BCUT2D eigenvalue weighted by molar-refractivity contribution is 0.0872. The summed E-state index contributed by atoms with van der Waals surface area (Å²) in [6, 6.07) is 19.9. The highest BCUT2D eigenvalue weighted by molar-refractivity contribution is 6.15. The van der Waals surface area contributed by atoms with Crippen molar-refractivity contribution in [3.63, 3.8) is 0 Å². The predicted molar refractivity (Wildman–Crippen MR) is 123 cm³/mol. The standard InChI is InChI=1S/C27H25NO4/c1-3-18-4-6-19(7-5-18)14-25-26(29)22-12-13-24-23(27(22)32-25)16-28(17-31-24)15-20-8-10-21(30-2)11-9-20/h4-14H,3,15-17H2,1-2H3/b25-14-. The van der Waals surface area contributed by atoms with Crippen molar-refractivity contribution in [2.75, 3.05) is 13.8 Å². The molecule has 0 aromatic heterocycles. The van der Waals surface area contributed by atoms with Crippen molar-refractivity contribution < 1.29 is 19.0 Å². The Morgan fingerprint density at radius 3 is 2.47 bits per heavy atom. The maximum absolute atomic E-state index is 13.0. The molecule has 2 aliphatic rings. The van der Waals surface area contributed by atoms with Gasteiger partial charge in [-0.3, -0.25) is 9.69 Å². The molecule has 0 amide bonds.